The van der Waals surface area contributed by atoms with Crippen LogP contribution in [0.3, 0.4) is 0 Å². The number of nitrogens with zero attached hydrogens (tertiary/aromatic N) is 4. The Balaban J connectivity index is 2.25. The van der Waals surface area contributed by atoms with Gasteiger partial charge < -0.3 is 10.6 Å². The normalized spacial score (nSPS) is 11.3. The Morgan fingerprint density at radius 1 is 1.38 bits per heavy atom. The van der Waals surface area contributed by atoms with Gasteiger partial charge in [0.2, 0.25) is 0 Å². The summed E-state index contributed by atoms with van der Waals surface area (Å²) in [6, 6.07) is 7.79. The van der Waals surface area contributed by atoms with Crippen molar-refractivity contribution in [3.8, 4) is 5.69 Å². The number of hydrogen-bond donors (Lipinski definition) is 1. The molecular weight excluding hydrogens is 310 g/mol. The fourth-order valence-corrected chi connectivity index (χ4v) is 2.36. The predicted octanol–water partition coefficient (Wildman–Crippen LogP) is 1.84. The molecular formula is C16H21N5O3. The zero-order chi connectivity index (χ0) is 17.9. The van der Waals surface area contributed by atoms with E-state index in [1.54, 1.807) is 36.2 Å². The van der Waals surface area contributed by atoms with Crippen molar-refractivity contribution in [3.05, 3.63) is 52.3 Å². The summed E-state index contributed by atoms with van der Waals surface area (Å²) in [6.45, 7) is 4.89. The maximum absolute atomic E-state index is 12.5. The minimum absolute atomic E-state index is 0.0720. The average Bonchev–Trinajstić information content (AvgIpc) is 3.03. The van der Waals surface area contributed by atoms with E-state index in [9.17, 15) is 14.9 Å². The van der Waals surface area contributed by atoms with Crippen molar-refractivity contribution >= 4 is 11.6 Å². The molecule has 8 nitrogen and oxygen atoms in total. The molecule has 1 heterocycles. The molecule has 1 aromatic carbocycles. The van der Waals surface area contributed by atoms with Gasteiger partial charge in [0.1, 0.15) is 5.69 Å². The van der Waals surface area contributed by atoms with Gasteiger partial charge in [-0.05, 0) is 24.1 Å². The number of nitro benzene ring substituents is 1. The summed E-state index contributed by atoms with van der Waals surface area (Å²) < 4.78 is 1.34. The van der Waals surface area contributed by atoms with E-state index < -0.39 is 4.92 Å². The Bertz CT molecular complexity index is 754. The van der Waals surface area contributed by atoms with Crippen LogP contribution < -0.4 is 5.73 Å². The molecule has 0 atom stereocenters. The summed E-state index contributed by atoms with van der Waals surface area (Å²) in [6.07, 6.45) is 1.54. The van der Waals surface area contributed by atoms with Crippen LogP contribution in [0.2, 0.25) is 0 Å². The third-order valence-electron chi connectivity index (χ3n) is 3.70. The van der Waals surface area contributed by atoms with Gasteiger partial charge in [0.25, 0.3) is 11.6 Å². The van der Waals surface area contributed by atoms with Gasteiger partial charge in [-0.25, -0.2) is 4.68 Å². The molecule has 0 fully saturated rings. The van der Waals surface area contributed by atoms with E-state index >= 15 is 0 Å². The summed E-state index contributed by atoms with van der Waals surface area (Å²) in [5.74, 6) is -0.256. The van der Waals surface area contributed by atoms with E-state index in [1.807, 2.05) is 13.8 Å². The minimum atomic E-state index is -0.478. The number of amides is 1. The van der Waals surface area contributed by atoms with Crippen molar-refractivity contribution in [1.82, 2.24) is 14.7 Å². The summed E-state index contributed by atoms with van der Waals surface area (Å²) in [5, 5.41) is 15.3. The van der Waals surface area contributed by atoms with Crippen LogP contribution in [0.5, 0.6) is 0 Å². The molecule has 1 amide bonds. The topological polar surface area (TPSA) is 107 Å². The Hall–Kier alpha value is -2.74. The van der Waals surface area contributed by atoms with Crippen molar-refractivity contribution in [3.63, 3.8) is 0 Å². The molecule has 0 aliphatic carbocycles. The van der Waals surface area contributed by atoms with Gasteiger partial charge in [-0.3, -0.25) is 14.9 Å². The van der Waals surface area contributed by atoms with Crippen LogP contribution in [0.4, 0.5) is 5.69 Å². The van der Waals surface area contributed by atoms with E-state index in [0.717, 1.165) is 0 Å². The molecule has 1 aromatic heterocycles. The van der Waals surface area contributed by atoms with Crippen molar-refractivity contribution in [2.45, 2.75) is 13.8 Å². The van der Waals surface area contributed by atoms with Crippen LogP contribution in [-0.2, 0) is 0 Å². The standard InChI is InChI=1S/C16H21N5O3/c1-16(2,10-17)11-19(3)15(22)12-8-9-20(18-12)13-6-4-5-7-14(13)21(23)24/h4-9H,10-11,17H2,1-3H3. The third-order valence-corrected chi connectivity index (χ3v) is 3.70. The lowest BCUT2D eigenvalue weighted by atomic mass is 9.93. The number of benzene rings is 1. The molecule has 0 aliphatic rings. The summed E-state index contributed by atoms with van der Waals surface area (Å²) in [5.41, 5.74) is 5.96. The van der Waals surface area contributed by atoms with E-state index in [-0.39, 0.29) is 22.7 Å². The lowest BCUT2D eigenvalue weighted by Gasteiger charge is -2.28. The number of carbonyl (C=O) groups is 1. The largest absolute Gasteiger partial charge is 0.340 e. The Morgan fingerprint density at radius 3 is 2.67 bits per heavy atom. The maximum Gasteiger partial charge on any atom is 0.294 e. The van der Waals surface area contributed by atoms with Crippen LogP contribution >= 0.6 is 0 Å². The fraction of sp³-hybridized carbons (Fsp3) is 0.375. The molecule has 2 aromatic rings. The molecule has 128 valence electrons. The van der Waals surface area contributed by atoms with Crippen LogP contribution in [-0.4, -0.2) is 45.6 Å². The van der Waals surface area contributed by atoms with Gasteiger partial charge >= 0.3 is 0 Å². The van der Waals surface area contributed by atoms with Gasteiger partial charge in [0, 0.05) is 25.9 Å². The smallest absolute Gasteiger partial charge is 0.294 e. The molecule has 2 rings (SSSR count). The zero-order valence-electron chi connectivity index (χ0n) is 14.0. The number of para-hydroxylation sites is 2. The molecule has 0 aliphatic heterocycles. The number of rotatable bonds is 6. The first-order valence-electron chi connectivity index (χ1n) is 7.50. The van der Waals surface area contributed by atoms with Gasteiger partial charge in [0.15, 0.2) is 5.69 Å². The lowest BCUT2D eigenvalue weighted by molar-refractivity contribution is -0.384. The van der Waals surface area contributed by atoms with Gasteiger partial charge in [-0.2, -0.15) is 5.10 Å². The van der Waals surface area contributed by atoms with Crippen LogP contribution in [0.25, 0.3) is 5.69 Å². The number of carbonyl (C=O) groups excluding carboxylic acids is 1. The highest BCUT2D eigenvalue weighted by Gasteiger charge is 2.24. The number of nitrogens with two attached hydrogens (primary N) is 1. The second-order valence-corrected chi connectivity index (χ2v) is 6.42. The highest BCUT2D eigenvalue weighted by Crippen LogP contribution is 2.22. The first kappa shape index (κ1) is 17.6. The Labute approximate surface area is 140 Å². The second-order valence-electron chi connectivity index (χ2n) is 6.42. The van der Waals surface area contributed by atoms with Gasteiger partial charge in [0.05, 0.1) is 4.92 Å². The first-order valence-corrected chi connectivity index (χ1v) is 7.50. The van der Waals surface area contributed by atoms with E-state index in [0.29, 0.717) is 18.8 Å². The summed E-state index contributed by atoms with van der Waals surface area (Å²) >= 11 is 0. The summed E-state index contributed by atoms with van der Waals surface area (Å²) in [7, 11) is 1.68. The van der Waals surface area contributed by atoms with Crippen molar-refractivity contribution in [2.75, 3.05) is 20.1 Å². The summed E-state index contributed by atoms with van der Waals surface area (Å²) in [4.78, 5) is 24.7. The predicted molar refractivity (Wildman–Crippen MR) is 90.0 cm³/mol. The van der Waals surface area contributed by atoms with Gasteiger partial charge in [-0.15, -0.1) is 0 Å². The van der Waals surface area contributed by atoms with Crippen molar-refractivity contribution in [1.29, 1.82) is 0 Å². The molecule has 0 bridgehead atoms. The monoisotopic (exact) mass is 331 g/mol. The van der Waals surface area contributed by atoms with Crippen molar-refractivity contribution < 1.29 is 9.72 Å². The molecule has 2 N–H and O–H groups in total. The third kappa shape index (κ3) is 3.77. The molecule has 24 heavy (non-hydrogen) atoms. The highest BCUT2D eigenvalue weighted by atomic mass is 16.6. The molecule has 0 radical (unpaired) electrons. The fourth-order valence-electron chi connectivity index (χ4n) is 2.36. The molecule has 0 spiro atoms. The minimum Gasteiger partial charge on any atom is -0.340 e. The molecule has 0 saturated heterocycles. The molecule has 8 heteroatoms. The lowest BCUT2D eigenvalue weighted by Crippen LogP contribution is -2.39. The SMILES string of the molecule is CN(CC(C)(C)CN)C(=O)c1ccn(-c2ccccc2[N+](=O)[O-])n1. The van der Waals surface area contributed by atoms with E-state index in [4.69, 9.17) is 5.73 Å². The second kappa shape index (κ2) is 6.79. The average molecular weight is 331 g/mol. The molecule has 0 unspecified atom stereocenters. The first-order chi connectivity index (χ1) is 11.2. The van der Waals surface area contributed by atoms with Crippen molar-refractivity contribution in [2.24, 2.45) is 11.1 Å². The Morgan fingerprint density at radius 2 is 2.04 bits per heavy atom. The van der Waals surface area contributed by atoms with Crippen LogP contribution in [0, 0.1) is 15.5 Å². The highest BCUT2D eigenvalue weighted by molar-refractivity contribution is 5.92. The molecule has 0 saturated carbocycles. The number of hydrogen-bond acceptors (Lipinski definition) is 5. The number of nitro groups is 1. The van der Waals surface area contributed by atoms with Gasteiger partial charge in [-0.1, -0.05) is 26.0 Å². The quantitative estimate of drug-likeness (QED) is 0.642. The number of aromatic nitrogens is 2. The van der Waals surface area contributed by atoms with E-state index in [2.05, 4.69) is 5.10 Å². The van der Waals surface area contributed by atoms with E-state index in [1.165, 1.54) is 16.9 Å². The Kier molecular flexibility index (Phi) is 4.99. The zero-order valence-corrected chi connectivity index (χ0v) is 14.0. The van der Waals surface area contributed by atoms with Crippen LogP contribution in [0.15, 0.2) is 36.5 Å². The maximum atomic E-state index is 12.5. The van der Waals surface area contributed by atoms with Crippen LogP contribution in [0.1, 0.15) is 24.3 Å².